The van der Waals surface area contributed by atoms with Crippen LogP contribution in [0.15, 0.2) is 18.2 Å². The highest BCUT2D eigenvalue weighted by Crippen LogP contribution is 2.24. The predicted molar refractivity (Wildman–Crippen MR) is 91.4 cm³/mol. The number of anilines is 1. The van der Waals surface area contributed by atoms with Crippen molar-refractivity contribution in [1.82, 2.24) is 5.32 Å². The summed E-state index contributed by atoms with van der Waals surface area (Å²) >= 11 is 0. The van der Waals surface area contributed by atoms with Crippen molar-refractivity contribution in [3.05, 3.63) is 29.6 Å². The molecule has 1 aliphatic rings. The Balaban J connectivity index is 1.80. The van der Waals surface area contributed by atoms with Crippen LogP contribution in [0.25, 0.3) is 0 Å². The molecular formula is C18H27FN2O3. The van der Waals surface area contributed by atoms with Gasteiger partial charge in [0, 0.05) is 39.3 Å². The quantitative estimate of drug-likeness (QED) is 0.714. The number of ether oxygens (including phenoxy) is 1. The number of carbonyl (C=O) groups excluding carboxylic acids is 1. The molecule has 1 aromatic carbocycles. The lowest BCUT2D eigenvalue weighted by molar-refractivity contribution is -0.121. The van der Waals surface area contributed by atoms with Crippen molar-refractivity contribution in [2.24, 2.45) is 0 Å². The molecule has 0 spiro atoms. The van der Waals surface area contributed by atoms with Crippen molar-refractivity contribution >= 4 is 11.6 Å². The zero-order chi connectivity index (χ0) is 17.4. The number of aliphatic hydroxyl groups excluding tert-OH is 1. The molecule has 134 valence electrons. The standard InChI is InChI=1S/C18H27FN2O3/c1-2-24-11-3-4-18(23)20-13-14-5-6-17(16(19)12-14)21-9-7-15(22)8-10-21/h5-6,12,15,22H,2-4,7-11,13H2,1H3,(H,20,23). The van der Waals surface area contributed by atoms with Crippen molar-refractivity contribution in [3.8, 4) is 0 Å². The van der Waals surface area contributed by atoms with Gasteiger partial charge < -0.3 is 20.1 Å². The maximum Gasteiger partial charge on any atom is 0.220 e. The molecule has 0 radical (unpaired) electrons. The Labute approximate surface area is 142 Å². The van der Waals surface area contributed by atoms with Crippen LogP contribution in [0.5, 0.6) is 0 Å². The highest BCUT2D eigenvalue weighted by atomic mass is 19.1. The van der Waals surface area contributed by atoms with Crippen molar-refractivity contribution in [3.63, 3.8) is 0 Å². The molecule has 2 rings (SSSR count). The summed E-state index contributed by atoms with van der Waals surface area (Å²) in [5, 5.41) is 12.3. The first-order chi connectivity index (χ1) is 11.6. The summed E-state index contributed by atoms with van der Waals surface area (Å²) in [6.07, 6.45) is 2.16. The fourth-order valence-corrected chi connectivity index (χ4v) is 2.79. The molecule has 1 heterocycles. The van der Waals surface area contributed by atoms with Gasteiger partial charge in [-0.1, -0.05) is 6.07 Å². The fourth-order valence-electron chi connectivity index (χ4n) is 2.79. The number of hydrogen-bond acceptors (Lipinski definition) is 4. The van der Waals surface area contributed by atoms with E-state index in [0.29, 0.717) is 64.2 Å². The number of halogens is 1. The summed E-state index contributed by atoms with van der Waals surface area (Å²) in [5.74, 6) is -0.335. The Hall–Kier alpha value is -1.66. The number of nitrogens with one attached hydrogen (secondary N) is 1. The molecule has 24 heavy (non-hydrogen) atoms. The third-order valence-electron chi connectivity index (χ3n) is 4.20. The van der Waals surface area contributed by atoms with Gasteiger partial charge in [0.15, 0.2) is 0 Å². The van der Waals surface area contributed by atoms with E-state index in [-0.39, 0.29) is 17.8 Å². The third-order valence-corrected chi connectivity index (χ3v) is 4.20. The van der Waals surface area contributed by atoms with Crippen molar-refractivity contribution in [1.29, 1.82) is 0 Å². The van der Waals surface area contributed by atoms with Gasteiger partial charge in [-0.05, 0) is 43.9 Å². The average molecular weight is 338 g/mol. The van der Waals surface area contributed by atoms with Crippen LogP contribution in [0, 0.1) is 5.82 Å². The SMILES string of the molecule is CCOCCCC(=O)NCc1ccc(N2CCC(O)CC2)c(F)c1. The Morgan fingerprint density at radius 3 is 2.83 bits per heavy atom. The van der Waals surface area contributed by atoms with Gasteiger partial charge >= 0.3 is 0 Å². The summed E-state index contributed by atoms with van der Waals surface area (Å²) in [6.45, 7) is 4.80. The Morgan fingerprint density at radius 2 is 2.17 bits per heavy atom. The smallest absolute Gasteiger partial charge is 0.220 e. The molecule has 5 nitrogen and oxygen atoms in total. The van der Waals surface area contributed by atoms with Gasteiger partial charge in [0.2, 0.25) is 5.91 Å². The fraction of sp³-hybridized carbons (Fsp3) is 0.611. The molecule has 1 amide bonds. The number of amides is 1. The molecule has 0 bridgehead atoms. The lowest BCUT2D eigenvalue weighted by Crippen LogP contribution is -2.36. The summed E-state index contributed by atoms with van der Waals surface area (Å²) in [7, 11) is 0. The lowest BCUT2D eigenvalue weighted by atomic mass is 10.1. The van der Waals surface area contributed by atoms with E-state index in [2.05, 4.69) is 5.32 Å². The predicted octanol–water partition coefficient (Wildman–Crippen LogP) is 2.22. The molecule has 0 unspecified atom stereocenters. The zero-order valence-corrected chi connectivity index (χ0v) is 14.3. The van der Waals surface area contributed by atoms with Crippen LogP contribution in [0.2, 0.25) is 0 Å². The maximum atomic E-state index is 14.3. The molecule has 0 atom stereocenters. The van der Waals surface area contributed by atoms with Crippen LogP contribution >= 0.6 is 0 Å². The molecule has 0 aromatic heterocycles. The van der Waals surface area contributed by atoms with Crippen molar-refractivity contribution in [2.75, 3.05) is 31.2 Å². The van der Waals surface area contributed by atoms with Crippen LogP contribution in [0.3, 0.4) is 0 Å². The second kappa shape index (κ2) is 9.59. The minimum Gasteiger partial charge on any atom is -0.393 e. The number of hydrogen-bond donors (Lipinski definition) is 2. The van der Waals surface area contributed by atoms with Gasteiger partial charge in [-0.2, -0.15) is 0 Å². The molecular weight excluding hydrogens is 311 g/mol. The number of carbonyl (C=O) groups is 1. The molecule has 1 aliphatic heterocycles. The maximum absolute atomic E-state index is 14.3. The second-order valence-electron chi connectivity index (χ2n) is 6.08. The molecule has 6 heteroatoms. The molecule has 1 fully saturated rings. The van der Waals surface area contributed by atoms with E-state index in [4.69, 9.17) is 4.74 Å². The van der Waals surface area contributed by atoms with Gasteiger partial charge in [0.25, 0.3) is 0 Å². The topological polar surface area (TPSA) is 61.8 Å². The Kier molecular flexibility index (Phi) is 7.46. The number of benzene rings is 1. The monoisotopic (exact) mass is 338 g/mol. The minimum absolute atomic E-state index is 0.0517. The first kappa shape index (κ1) is 18.7. The molecule has 0 aliphatic carbocycles. The first-order valence-electron chi connectivity index (χ1n) is 8.66. The minimum atomic E-state index is -0.283. The van der Waals surface area contributed by atoms with Gasteiger partial charge in [0.1, 0.15) is 5.82 Å². The molecule has 0 saturated carbocycles. The van der Waals surface area contributed by atoms with Crippen LogP contribution in [0.4, 0.5) is 10.1 Å². The molecule has 2 N–H and O–H groups in total. The number of aliphatic hydroxyl groups is 1. The van der Waals surface area contributed by atoms with E-state index in [1.165, 1.54) is 6.07 Å². The van der Waals surface area contributed by atoms with Crippen LogP contribution < -0.4 is 10.2 Å². The summed E-state index contributed by atoms with van der Waals surface area (Å²) in [5.41, 5.74) is 1.31. The largest absolute Gasteiger partial charge is 0.393 e. The summed E-state index contributed by atoms with van der Waals surface area (Å²) in [4.78, 5) is 13.7. The van der Waals surface area contributed by atoms with Crippen molar-refractivity contribution in [2.45, 2.75) is 45.3 Å². The lowest BCUT2D eigenvalue weighted by Gasteiger charge is -2.31. The van der Waals surface area contributed by atoms with Gasteiger partial charge in [-0.15, -0.1) is 0 Å². The van der Waals surface area contributed by atoms with Crippen LogP contribution in [0.1, 0.15) is 38.2 Å². The van der Waals surface area contributed by atoms with Crippen molar-refractivity contribution < 1.29 is 19.0 Å². The van der Waals surface area contributed by atoms with E-state index in [0.717, 1.165) is 5.56 Å². The van der Waals surface area contributed by atoms with Gasteiger partial charge in [-0.25, -0.2) is 4.39 Å². The van der Waals surface area contributed by atoms with Crippen LogP contribution in [-0.2, 0) is 16.1 Å². The third kappa shape index (κ3) is 5.76. The highest BCUT2D eigenvalue weighted by molar-refractivity contribution is 5.75. The van der Waals surface area contributed by atoms with E-state index >= 15 is 0 Å². The van der Waals surface area contributed by atoms with Gasteiger partial charge in [0.05, 0.1) is 11.8 Å². The molecule has 1 aromatic rings. The van der Waals surface area contributed by atoms with E-state index in [9.17, 15) is 14.3 Å². The van der Waals surface area contributed by atoms with E-state index in [1.54, 1.807) is 6.07 Å². The number of piperidine rings is 1. The van der Waals surface area contributed by atoms with Gasteiger partial charge in [-0.3, -0.25) is 4.79 Å². The number of rotatable bonds is 8. The molecule has 1 saturated heterocycles. The second-order valence-corrected chi connectivity index (χ2v) is 6.08. The zero-order valence-electron chi connectivity index (χ0n) is 14.3. The highest BCUT2D eigenvalue weighted by Gasteiger charge is 2.19. The Morgan fingerprint density at radius 1 is 1.42 bits per heavy atom. The van der Waals surface area contributed by atoms with Crippen LogP contribution in [-0.4, -0.2) is 43.4 Å². The van der Waals surface area contributed by atoms with E-state index < -0.39 is 0 Å². The normalized spacial score (nSPS) is 15.5. The van der Waals surface area contributed by atoms with E-state index in [1.807, 2.05) is 17.9 Å². The summed E-state index contributed by atoms with van der Waals surface area (Å²) in [6, 6.07) is 5.06. The first-order valence-corrected chi connectivity index (χ1v) is 8.66. The Bertz CT molecular complexity index is 531. The number of nitrogens with zero attached hydrogens (tertiary/aromatic N) is 1. The summed E-state index contributed by atoms with van der Waals surface area (Å²) < 4.78 is 19.5. The average Bonchev–Trinajstić information content (AvgIpc) is 2.58.